The molecule has 37 heavy (non-hydrogen) atoms. The number of unbranched alkanes of at least 4 members (excludes halogenated alkanes) is 2. The predicted molar refractivity (Wildman–Crippen MR) is 144 cm³/mol. The number of ether oxygens (including phenoxy) is 1. The molecule has 1 N–H and O–H groups in total. The van der Waals surface area contributed by atoms with Gasteiger partial charge in [-0.05, 0) is 64.2 Å². The zero-order chi connectivity index (χ0) is 26.4. The summed E-state index contributed by atoms with van der Waals surface area (Å²) in [6.45, 7) is 6.84. The second kappa shape index (κ2) is 12.0. The van der Waals surface area contributed by atoms with Gasteiger partial charge in [-0.2, -0.15) is 17.6 Å². The van der Waals surface area contributed by atoms with Crippen molar-refractivity contribution in [3.05, 3.63) is 48.4 Å². The predicted octanol–water partition coefficient (Wildman–Crippen LogP) is 4.61. The molecule has 9 nitrogen and oxygen atoms in total. The van der Waals surface area contributed by atoms with Crippen molar-refractivity contribution in [2.45, 2.75) is 70.1 Å². The first-order valence-electron chi connectivity index (χ1n) is 12.8. The van der Waals surface area contributed by atoms with Crippen LogP contribution in [0.1, 0.15) is 64.6 Å². The van der Waals surface area contributed by atoms with Crippen LogP contribution in [0.15, 0.2) is 41.2 Å². The molecule has 0 radical (unpaired) electrons. The number of aryl methyl sites for hydroxylation is 1. The van der Waals surface area contributed by atoms with Gasteiger partial charge in [0.15, 0.2) is 5.82 Å². The summed E-state index contributed by atoms with van der Waals surface area (Å²) in [5.74, 6) is 1.11. The van der Waals surface area contributed by atoms with Gasteiger partial charge in [-0.25, -0.2) is 9.97 Å². The number of hydrogen-bond acceptors (Lipinski definition) is 9. The van der Waals surface area contributed by atoms with Crippen LogP contribution in [0.3, 0.4) is 0 Å². The third-order valence-electron chi connectivity index (χ3n) is 6.41. The van der Waals surface area contributed by atoms with E-state index in [1.54, 1.807) is 12.4 Å². The van der Waals surface area contributed by atoms with Gasteiger partial charge in [0.1, 0.15) is 0 Å². The van der Waals surface area contributed by atoms with Gasteiger partial charge in [0.2, 0.25) is 11.8 Å². The summed E-state index contributed by atoms with van der Waals surface area (Å²) in [7, 11) is 0. The summed E-state index contributed by atoms with van der Waals surface area (Å²) in [6, 6.07) is 8.20. The molecule has 4 rings (SSSR count). The van der Waals surface area contributed by atoms with Crippen molar-refractivity contribution in [1.29, 1.82) is 0 Å². The number of amides is 1. The number of aliphatic hydroxyl groups excluding tert-OH is 1. The Balaban J connectivity index is 1.40. The second-order valence-electron chi connectivity index (χ2n) is 9.93. The van der Waals surface area contributed by atoms with E-state index in [9.17, 15) is 9.90 Å². The van der Waals surface area contributed by atoms with Crippen molar-refractivity contribution in [3.63, 3.8) is 0 Å². The van der Waals surface area contributed by atoms with Gasteiger partial charge in [0.05, 0.1) is 17.5 Å². The third kappa shape index (κ3) is 7.07. The molecular weight excluding hydrogens is 490 g/mol. The zero-order valence-corrected chi connectivity index (χ0v) is 22.5. The number of aliphatic hydroxyl groups is 1. The Morgan fingerprint density at radius 2 is 1.95 bits per heavy atom. The van der Waals surface area contributed by atoms with Crippen LogP contribution < -0.4 is 9.64 Å². The standard InChI is InChI=1S/C27H35N5O4S/c1-4-35-26-28-16-20(17-29-26)18-9-8-10-21(13-18)32(24(34)19-14-22(33)15-19)12-7-5-6-11-23-30-25(31-36-23)27(2,3)37/h8-10,13,16-17,19,22,33,37H,4-7,11-12,14-15H2,1-3H3. The molecule has 1 saturated carbocycles. The van der Waals surface area contributed by atoms with Crippen LogP contribution in [0.4, 0.5) is 5.69 Å². The molecule has 10 heteroatoms. The molecule has 198 valence electrons. The molecule has 1 amide bonds. The minimum atomic E-state index is -0.441. The number of rotatable bonds is 12. The van der Waals surface area contributed by atoms with Crippen molar-refractivity contribution in [1.82, 2.24) is 20.1 Å². The minimum absolute atomic E-state index is 0.0583. The lowest BCUT2D eigenvalue weighted by Crippen LogP contribution is -2.44. The van der Waals surface area contributed by atoms with Gasteiger partial charge in [0.25, 0.3) is 0 Å². The summed E-state index contributed by atoms with van der Waals surface area (Å²) < 4.78 is 10.2. The molecule has 2 heterocycles. The molecule has 1 fully saturated rings. The van der Waals surface area contributed by atoms with Crippen molar-refractivity contribution in [2.75, 3.05) is 18.1 Å². The van der Waals surface area contributed by atoms with Crippen molar-refractivity contribution in [2.24, 2.45) is 5.92 Å². The van der Waals surface area contributed by atoms with Gasteiger partial charge in [-0.3, -0.25) is 4.79 Å². The largest absolute Gasteiger partial charge is 0.464 e. The fourth-order valence-electron chi connectivity index (χ4n) is 4.23. The lowest BCUT2D eigenvalue weighted by molar-refractivity contribution is -0.128. The smallest absolute Gasteiger partial charge is 0.316 e. The van der Waals surface area contributed by atoms with Gasteiger partial charge >= 0.3 is 6.01 Å². The number of hydrogen-bond donors (Lipinski definition) is 2. The van der Waals surface area contributed by atoms with Crippen LogP contribution in [-0.2, 0) is 16.0 Å². The number of nitrogens with zero attached hydrogens (tertiary/aromatic N) is 5. The van der Waals surface area contributed by atoms with Crippen LogP contribution >= 0.6 is 12.6 Å². The first kappa shape index (κ1) is 27.1. The highest BCUT2D eigenvalue weighted by molar-refractivity contribution is 7.81. The third-order valence-corrected chi connectivity index (χ3v) is 6.61. The molecule has 0 aliphatic heterocycles. The summed E-state index contributed by atoms with van der Waals surface area (Å²) in [6.07, 6.45) is 7.40. The SMILES string of the molecule is CCOc1ncc(-c2cccc(N(CCCCCc3nc(C(C)(C)S)no3)C(=O)C3CC(O)C3)c2)cn1. The highest BCUT2D eigenvalue weighted by Gasteiger charge is 2.36. The maximum atomic E-state index is 13.4. The van der Waals surface area contributed by atoms with Crippen molar-refractivity contribution >= 4 is 24.2 Å². The van der Waals surface area contributed by atoms with Crippen LogP contribution in [0.25, 0.3) is 11.1 Å². The first-order valence-corrected chi connectivity index (χ1v) is 13.3. The molecule has 0 bridgehead atoms. The van der Waals surface area contributed by atoms with Crippen molar-refractivity contribution < 1.29 is 19.2 Å². The summed E-state index contributed by atoms with van der Waals surface area (Å²) >= 11 is 4.49. The fraction of sp³-hybridized carbons (Fsp3) is 0.519. The average Bonchev–Trinajstić information content (AvgIpc) is 3.34. The second-order valence-corrected chi connectivity index (χ2v) is 11.0. The van der Waals surface area contributed by atoms with Crippen molar-refractivity contribution in [3.8, 4) is 17.1 Å². The number of thiol groups is 1. The molecule has 0 unspecified atom stereocenters. The lowest BCUT2D eigenvalue weighted by atomic mass is 9.81. The average molecular weight is 526 g/mol. The number of anilines is 1. The van der Waals surface area contributed by atoms with Crippen LogP contribution in [0, 0.1) is 5.92 Å². The molecule has 0 saturated heterocycles. The fourth-order valence-corrected chi connectivity index (χ4v) is 4.32. The quantitative estimate of drug-likeness (QED) is 0.260. The molecule has 1 aliphatic carbocycles. The Kier molecular flexibility index (Phi) is 8.81. The summed E-state index contributed by atoms with van der Waals surface area (Å²) in [4.78, 5) is 28.2. The highest BCUT2D eigenvalue weighted by atomic mass is 32.1. The molecular formula is C27H35N5O4S. The van der Waals surface area contributed by atoms with E-state index in [1.807, 2.05) is 49.9 Å². The molecule has 0 atom stereocenters. The number of aromatic nitrogens is 4. The van der Waals surface area contributed by atoms with E-state index in [-0.39, 0.29) is 17.9 Å². The Labute approximate surface area is 223 Å². The Bertz CT molecular complexity index is 1170. The maximum Gasteiger partial charge on any atom is 0.316 e. The van der Waals surface area contributed by atoms with E-state index in [0.29, 0.717) is 50.1 Å². The Morgan fingerprint density at radius 3 is 2.59 bits per heavy atom. The maximum absolute atomic E-state index is 13.4. The van der Waals surface area contributed by atoms with Gasteiger partial charge in [0, 0.05) is 42.5 Å². The molecule has 3 aromatic rings. The van der Waals surface area contributed by atoms with E-state index < -0.39 is 4.75 Å². The minimum Gasteiger partial charge on any atom is -0.464 e. The lowest BCUT2D eigenvalue weighted by Gasteiger charge is -2.35. The van der Waals surface area contributed by atoms with Gasteiger partial charge in [-0.1, -0.05) is 23.7 Å². The zero-order valence-electron chi connectivity index (χ0n) is 21.6. The van der Waals surface area contributed by atoms with Crippen LogP contribution in [0.5, 0.6) is 6.01 Å². The van der Waals surface area contributed by atoms with E-state index in [1.165, 1.54) is 0 Å². The highest BCUT2D eigenvalue weighted by Crippen LogP contribution is 2.32. The normalized spacial score (nSPS) is 17.3. The van der Waals surface area contributed by atoms with E-state index >= 15 is 0 Å². The molecule has 1 aliphatic rings. The van der Waals surface area contributed by atoms with Gasteiger partial charge in [-0.15, -0.1) is 0 Å². The Hall–Kier alpha value is -2.98. The van der Waals surface area contributed by atoms with E-state index in [0.717, 1.165) is 36.1 Å². The number of carbonyl (C=O) groups excluding carboxylic acids is 1. The number of benzene rings is 1. The molecule has 2 aromatic heterocycles. The van der Waals surface area contributed by atoms with Gasteiger partial charge < -0.3 is 19.3 Å². The monoisotopic (exact) mass is 525 g/mol. The topological polar surface area (TPSA) is 114 Å². The summed E-state index contributed by atoms with van der Waals surface area (Å²) in [5, 5.41) is 13.8. The van der Waals surface area contributed by atoms with Crippen LogP contribution in [-0.4, -0.2) is 50.4 Å². The Morgan fingerprint density at radius 1 is 1.19 bits per heavy atom. The van der Waals surface area contributed by atoms with E-state index in [4.69, 9.17) is 9.26 Å². The van der Waals surface area contributed by atoms with Crippen LogP contribution in [0.2, 0.25) is 0 Å². The van der Waals surface area contributed by atoms with E-state index in [2.05, 4.69) is 32.7 Å². The first-order chi connectivity index (χ1) is 17.7. The number of carbonyl (C=O) groups is 1. The molecule has 0 spiro atoms. The summed E-state index contributed by atoms with van der Waals surface area (Å²) in [5.41, 5.74) is 2.60. The molecule has 1 aromatic carbocycles.